The highest BCUT2D eigenvalue weighted by atomic mass is 79.9. The van der Waals surface area contributed by atoms with Gasteiger partial charge in [0, 0.05) is 15.9 Å². The van der Waals surface area contributed by atoms with Gasteiger partial charge in [0.15, 0.2) is 0 Å². The third-order valence-electron chi connectivity index (χ3n) is 4.67. The summed E-state index contributed by atoms with van der Waals surface area (Å²) in [5.74, 6) is 0.763. The van der Waals surface area contributed by atoms with Gasteiger partial charge in [0.05, 0.1) is 29.0 Å². The Bertz CT molecular complexity index is 768. The van der Waals surface area contributed by atoms with Gasteiger partial charge >= 0.3 is 0 Å². The summed E-state index contributed by atoms with van der Waals surface area (Å²) >= 11 is 3.51. The topological polar surface area (TPSA) is 59.2 Å². The number of carbonyl (C=O) groups excluding carboxylic acids is 1. The van der Waals surface area contributed by atoms with E-state index >= 15 is 0 Å². The largest absolute Gasteiger partial charge is 0.397 e. The molecule has 0 spiro atoms. The Hall–Kier alpha value is -1.62. The lowest BCUT2D eigenvalue weighted by Crippen LogP contribution is -2.44. The molecule has 0 unspecified atom stereocenters. The number of fused-ring (bicyclic) bond motifs is 2. The fraction of sp³-hybridized carbons (Fsp3) is 0.375. The maximum absolute atomic E-state index is 12.7. The van der Waals surface area contributed by atoms with E-state index in [1.54, 1.807) is 0 Å². The summed E-state index contributed by atoms with van der Waals surface area (Å²) in [6, 6.07) is 6.14. The SMILES string of the molecule is C[C@H]1C[C@H](N2Cc3nc4c(Br)cccc4c(N)c3C2=O)C1. The summed E-state index contributed by atoms with van der Waals surface area (Å²) in [6.45, 7) is 2.81. The molecule has 2 aromatic rings. The Morgan fingerprint density at radius 2 is 2.14 bits per heavy atom. The predicted octanol–water partition coefficient (Wildman–Crippen LogP) is 3.33. The van der Waals surface area contributed by atoms with Gasteiger partial charge in [0.1, 0.15) is 0 Å². The van der Waals surface area contributed by atoms with Gasteiger partial charge in [-0.25, -0.2) is 4.98 Å². The first-order valence-corrected chi connectivity index (χ1v) is 8.03. The van der Waals surface area contributed by atoms with E-state index in [2.05, 4.69) is 27.8 Å². The van der Waals surface area contributed by atoms with Crippen LogP contribution in [-0.2, 0) is 6.54 Å². The zero-order valence-corrected chi connectivity index (χ0v) is 13.4. The van der Waals surface area contributed by atoms with Crippen molar-refractivity contribution in [2.45, 2.75) is 32.4 Å². The van der Waals surface area contributed by atoms with Crippen LogP contribution < -0.4 is 5.73 Å². The summed E-state index contributed by atoms with van der Waals surface area (Å²) in [7, 11) is 0. The van der Waals surface area contributed by atoms with E-state index in [9.17, 15) is 4.79 Å². The van der Waals surface area contributed by atoms with Crippen molar-refractivity contribution in [1.82, 2.24) is 9.88 Å². The zero-order valence-electron chi connectivity index (χ0n) is 11.8. The van der Waals surface area contributed by atoms with Crippen molar-refractivity contribution in [2.24, 2.45) is 5.92 Å². The Balaban J connectivity index is 1.83. The molecule has 1 fully saturated rings. The molecule has 0 radical (unpaired) electrons. The number of benzene rings is 1. The molecule has 1 aromatic heterocycles. The highest BCUT2D eigenvalue weighted by molar-refractivity contribution is 9.10. The molecule has 4 rings (SSSR count). The Morgan fingerprint density at radius 1 is 1.38 bits per heavy atom. The molecule has 21 heavy (non-hydrogen) atoms. The minimum Gasteiger partial charge on any atom is -0.397 e. The predicted molar refractivity (Wildman–Crippen MR) is 85.9 cm³/mol. The minimum atomic E-state index is 0.0498. The lowest BCUT2D eigenvalue weighted by molar-refractivity contribution is 0.0509. The maximum Gasteiger partial charge on any atom is 0.258 e. The molecule has 108 valence electrons. The number of hydrogen-bond acceptors (Lipinski definition) is 3. The number of nitrogens with zero attached hydrogens (tertiary/aromatic N) is 2. The molecule has 1 aromatic carbocycles. The highest BCUT2D eigenvalue weighted by Crippen LogP contribution is 2.39. The summed E-state index contributed by atoms with van der Waals surface area (Å²) in [5, 5.41) is 0.848. The van der Waals surface area contributed by atoms with Crippen molar-refractivity contribution in [1.29, 1.82) is 0 Å². The third-order valence-corrected chi connectivity index (χ3v) is 5.31. The number of pyridine rings is 1. The molecule has 2 aliphatic rings. The van der Waals surface area contributed by atoms with Crippen LogP contribution in [0.25, 0.3) is 10.9 Å². The van der Waals surface area contributed by atoms with Crippen LogP contribution in [0.4, 0.5) is 5.69 Å². The van der Waals surface area contributed by atoms with Gasteiger partial charge in [0.2, 0.25) is 0 Å². The van der Waals surface area contributed by atoms with Crippen molar-refractivity contribution < 1.29 is 4.79 Å². The number of rotatable bonds is 1. The van der Waals surface area contributed by atoms with Crippen LogP contribution >= 0.6 is 15.9 Å². The number of nitrogens with two attached hydrogens (primary N) is 1. The van der Waals surface area contributed by atoms with Gasteiger partial charge in [-0.3, -0.25) is 4.79 Å². The highest BCUT2D eigenvalue weighted by Gasteiger charge is 2.40. The first kappa shape index (κ1) is 13.1. The van der Waals surface area contributed by atoms with Crippen LogP contribution in [0.15, 0.2) is 22.7 Å². The second kappa shape index (κ2) is 4.44. The molecular weight excluding hydrogens is 330 g/mol. The van der Waals surface area contributed by atoms with Gasteiger partial charge < -0.3 is 10.6 Å². The van der Waals surface area contributed by atoms with Crippen LogP contribution in [0.1, 0.15) is 35.8 Å². The molecule has 0 bridgehead atoms. The minimum absolute atomic E-state index is 0.0498. The summed E-state index contributed by atoms with van der Waals surface area (Å²) in [5.41, 5.74) is 9.10. The Morgan fingerprint density at radius 3 is 2.86 bits per heavy atom. The molecule has 5 heteroatoms. The van der Waals surface area contributed by atoms with Crippen molar-refractivity contribution in [3.05, 3.63) is 33.9 Å². The average molecular weight is 346 g/mol. The lowest BCUT2D eigenvalue weighted by atomic mass is 9.81. The smallest absolute Gasteiger partial charge is 0.258 e. The number of anilines is 1. The molecule has 1 aliphatic heterocycles. The first-order chi connectivity index (χ1) is 10.1. The van der Waals surface area contributed by atoms with Crippen molar-refractivity contribution in [3.63, 3.8) is 0 Å². The van der Waals surface area contributed by atoms with Crippen LogP contribution in [-0.4, -0.2) is 21.8 Å². The van der Waals surface area contributed by atoms with Gasteiger partial charge in [-0.1, -0.05) is 19.1 Å². The fourth-order valence-corrected chi connectivity index (χ4v) is 3.92. The summed E-state index contributed by atoms with van der Waals surface area (Å²) in [4.78, 5) is 19.3. The van der Waals surface area contributed by atoms with E-state index in [0.717, 1.165) is 33.9 Å². The summed E-state index contributed by atoms with van der Waals surface area (Å²) < 4.78 is 0.915. The number of aromatic nitrogens is 1. The van der Waals surface area contributed by atoms with Crippen LogP contribution in [0.2, 0.25) is 0 Å². The number of hydrogen-bond donors (Lipinski definition) is 1. The molecule has 1 saturated carbocycles. The number of amides is 1. The monoisotopic (exact) mass is 345 g/mol. The van der Waals surface area contributed by atoms with Crippen molar-refractivity contribution in [2.75, 3.05) is 5.73 Å². The van der Waals surface area contributed by atoms with Crippen molar-refractivity contribution in [3.8, 4) is 0 Å². The van der Waals surface area contributed by atoms with Crippen LogP contribution in [0, 0.1) is 5.92 Å². The van der Waals surface area contributed by atoms with E-state index in [1.807, 2.05) is 23.1 Å². The van der Waals surface area contributed by atoms with E-state index in [-0.39, 0.29) is 5.91 Å². The molecule has 1 aliphatic carbocycles. The molecule has 2 N–H and O–H groups in total. The zero-order chi connectivity index (χ0) is 14.7. The van der Waals surface area contributed by atoms with Gasteiger partial charge in [-0.15, -0.1) is 0 Å². The van der Waals surface area contributed by atoms with Crippen molar-refractivity contribution >= 4 is 38.4 Å². The van der Waals surface area contributed by atoms with Gasteiger partial charge in [0.25, 0.3) is 5.91 Å². The third kappa shape index (κ3) is 1.80. The van der Waals surface area contributed by atoms with E-state index in [0.29, 0.717) is 29.8 Å². The number of carbonyl (C=O) groups is 1. The van der Waals surface area contributed by atoms with E-state index in [4.69, 9.17) is 5.73 Å². The van der Waals surface area contributed by atoms with Crippen LogP contribution in [0.3, 0.4) is 0 Å². The Kier molecular flexibility index (Phi) is 2.76. The second-order valence-electron chi connectivity index (χ2n) is 6.15. The standard InChI is InChI=1S/C16H16BrN3O/c1-8-5-9(6-8)20-7-12-13(16(20)21)14(18)10-3-2-4-11(17)15(10)19-12/h2-4,8-9H,5-7H2,1H3,(H2,18,19)/t8-,9-. The normalized spacial score (nSPS) is 24.3. The first-order valence-electron chi connectivity index (χ1n) is 7.23. The maximum atomic E-state index is 12.7. The van der Waals surface area contributed by atoms with Gasteiger partial charge in [-0.2, -0.15) is 0 Å². The quantitative estimate of drug-likeness (QED) is 0.862. The van der Waals surface area contributed by atoms with E-state index in [1.165, 1.54) is 0 Å². The number of halogens is 1. The molecule has 2 heterocycles. The fourth-order valence-electron chi connectivity index (χ4n) is 3.47. The van der Waals surface area contributed by atoms with Gasteiger partial charge in [-0.05, 0) is 40.8 Å². The Labute approximate surface area is 131 Å². The molecule has 4 nitrogen and oxygen atoms in total. The van der Waals surface area contributed by atoms with E-state index < -0.39 is 0 Å². The summed E-state index contributed by atoms with van der Waals surface area (Å²) in [6.07, 6.45) is 2.17. The van der Waals surface area contributed by atoms with Crippen LogP contribution in [0.5, 0.6) is 0 Å². The second-order valence-corrected chi connectivity index (χ2v) is 7.00. The molecule has 0 atom stereocenters. The molecule has 0 saturated heterocycles. The lowest BCUT2D eigenvalue weighted by Gasteiger charge is -2.39. The number of nitrogen functional groups attached to an aromatic ring is 1. The molecular formula is C16H16BrN3O. The number of para-hydroxylation sites is 1. The molecule has 1 amide bonds. The average Bonchev–Trinajstić information content (AvgIpc) is 2.74.